The van der Waals surface area contributed by atoms with Crippen LogP contribution in [0.25, 0.3) is 0 Å². The van der Waals surface area contributed by atoms with Gasteiger partial charge in [0.25, 0.3) is 0 Å². The van der Waals surface area contributed by atoms with Crippen molar-refractivity contribution in [2.45, 2.75) is 51.0 Å². The average Bonchev–Trinajstić information content (AvgIpc) is 3.23. The largest absolute Gasteiger partial charge is 0.330 e. The Labute approximate surface area is 117 Å². The van der Waals surface area contributed by atoms with Gasteiger partial charge in [0, 0.05) is 12.0 Å². The lowest BCUT2D eigenvalue weighted by atomic mass is 9.97. The topological polar surface area (TPSA) is 38.0 Å². The van der Waals surface area contributed by atoms with Crippen LogP contribution in [0.15, 0.2) is 30.3 Å². The van der Waals surface area contributed by atoms with Crippen LogP contribution in [0.2, 0.25) is 0 Å². The Bertz CT molecular complexity index is 350. The summed E-state index contributed by atoms with van der Waals surface area (Å²) >= 11 is 0. The van der Waals surface area contributed by atoms with Gasteiger partial charge in [0.2, 0.25) is 0 Å². The molecule has 3 unspecified atom stereocenters. The van der Waals surface area contributed by atoms with Crippen LogP contribution in [-0.2, 0) is 0 Å². The van der Waals surface area contributed by atoms with Crippen LogP contribution < -0.4 is 11.1 Å². The van der Waals surface area contributed by atoms with Gasteiger partial charge in [-0.3, -0.25) is 0 Å². The molecular weight excluding hydrogens is 232 g/mol. The van der Waals surface area contributed by atoms with E-state index in [0.717, 1.165) is 31.0 Å². The van der Waals surface area contributed by atoms with Crippen LogP contribution in [0, 0.1) is 5.92 Å². The van der Waals surface area contributed by atoms with Crippen molar-refractivity contribution in [1.82, 2.24) is 5.32 Å². The van der Waals surface area contributed by atoms with Crippen LogP contribution in [0.5, 0.6) is 0 Å². The van der Waals surface area contributed by atoms with Crippen molar-refractivity contribution in [2.24, 2.45) is 11.7 Å². The summed E-state index contributed by atoms with van der Waals surface area (Å²) in [5.74, 6) is 1.59. The Balaban J connectivity index is 1.58. The Hall–Kier alpha value is -0.860. The summed E-state index contributed by atoms with van der Waals surface area (Å²) in [7, 11) is 0. The van der Waals surface area contributed by atoms with Gasteiger partial charge in [-0.05, 0) is 50.3 Å². The summed E-state index contributed by atoms with van der Waals surface area (Å²) < 4.78 is 0. The number of benzene rings is 1. The second-order valence-electron chi connectivity index (χ2n) is 5.81. The zero-order valence-electron chi connectivity index (χ0n) is 12.1. The molecule has 0 aliphatic heterocycles. The van der Waals surface area contributed by atoms with Crippen LogP contribution in [0.1, 0.15) is 50.5 Å². The third-order valence-corrected chi connectivity index (χ3v) is 4.37. The number of nitrogens with two attached hydrogens (primary N) is 1. The monoisotopic (exact) mass is 260 g/mol. The van der Waals surface area contributed by atoms with Crippen molar-refractivity contribution in [3.8, 4) is 0 Å². The molecule has 0 radical (unpaired) electrons. The molecule has 1 aromatic carbocycles. The van der Waals surface area contributed by atoms with E-state index in [0.29, 0.717) is 0 Å². The molecular formula is C17H28N2. The maximum atomic E-state index is 5.63. The molecule has 1 fully saturated rings. The fraction of sp³-hybridized carbons (Fsp3) is 0.647. The van der Waals surface area contributed by atoms with Gasteiger partial charge in [0.05, 0.1) is 0 Å². The summed E-state index contributed by atoms with van der Waals surface area (Å²) in [6.45, 7) is 4.28. The maximum Gasteiger partial charge on any atom is 0.0143 e. The second kappa shape index (κ2) is 7.66. The molecule has 3 N–H and O–H groups in total. The van der Waals surface area contributed by atoms with Gasteiger partial charge in [-0.1, -0.05) is 43.7 Å². The number of rotatable bonds is 9. The van der Waals surface area contributed by atoms with E-state index in [-0.39, 0.29) is 0 Å². The first kappa shape index (κ1) is 14.5. The Morgan fingerprint density at radius 2 is 2.05 bits per heavy atom. The van der Waals surface area contributed by atoms with Crippen LogP contribution in [-0.4, -0.2) is 19.1 Å². The lowest BCUT2D eigenvalue weighted by molar-refractivity contribution is 0.421. The quantitative estimate of drug-likeness (QED) is 0.669. The molecule has 0 aromatic heterocycles. The summed E-state index contributed by atoms with van der Waals surface area (Å²) in [4.78, 5) is 0. The predicted molar refractivity (Wildman–Crippen MR) is 82.3 cm³/mol. The van der Waals surface area contributed by atoms with Crippen molar-refractivity contribution < 1.29 is 0 Å². The van der Waals surface area contributed by atoms with E-state index < -0.39 is 0 Å². The Kier molecular flexibility index (Phi) is 5.87. The normalized spacial score (nSPS) is 23.3. The van der Waals surface area contributed by atoms with Gasteiger partial charge in [-0.25, -0.2) is 0 Å². The van der Waals surface area contributed by atoms with E-state index in [9.17, 15) is 0 Å². The standard InChI is InChI=1S/C17H28N2/c1-2-14(10-11-18)7-6-12-19-17-13-16(17)15-8-4-3-5-9-15/h3-5,8-9,14,16-17,19H,2,6-7,10-13,18H2,1H3. The van der Waals surface area contributed by atoms with Gasteiger partial charge >= 0.3 is 0 Å². The SMILES string of the molecule is CCC(CCN)CCCNC1CC1c1ccccc1. The van der Waals surface area contributed by atoms with Gasteiger partial charge < -0.3 is 11.1 Å². The zero-order valence-corrected chi connectivity index (χ0v) is 12.1. The molecule has 1 saturated carbocycles. The van der Waals surface area contributed by atoms with Crippen LogP contribution >= 0.6 is 0 Å². The Morgan fingerprint density at radius 1 is 1.26 bits per heavy atom. The van der Waals surface area contributed by atoms with Crippen molar-refractivity contribution >= 4 is 0 Å². The molecule has 2 rings (SSSR count). The van der Waals surface area contributed by atoms with Gasteiger partial charge in [0.1, 0.15) is 0 Å². The van der Waals surface area contributed by atoms with E-state index in [1.54, 1.807) is 0 Å². The summed E-state index contributed by atoms with van der Waals surface area (Å²) in [6, 6.07) is 11.6. The minimum absolute atomic E-state index is 0.719. The fourth-order valence-corrected chi connectivity index (χ4v) is 2.96. The highest BCUT2D eigenvalue weighted by atomic mass is 15.0. The van der Waals surface area contributed by atoms with Crippen LogP contribution in [0.3, 0.4) is 0 Å². The Morgan fingerprint density at radius 3 is 2.74 bits per heavy atom. The van der Waals surface area contributed by atoms with E-state index in [2.05, 4.69) is 42.6 Å². The molecule has 106 valence electrons. The van der Waals surface area contributed by atoms with E-state index >= 15 is 0 Å². The molecule has 0 spiro atoms. The molecule has 1 aromatic rings. The third-order valence-electron chi connectivity index (χ3n) is 4.37. The van der Waals surface area contributed by atoms with E-state index in [4.69, 9.17) is 5.73 Å². The molecule has 0 bridgehead atoms. The third kappa shape index (κ3) is 4.63. The highest BCUT2D eigenvalue weighted by molar-refractivity contribution is 5.27. The number of hydrogen-bond acceptors (Lipinski definition) is 2. The summed E-state index contributed by atoms with van der Waals surface area (Å²) in [5, 5.41) is 3.70. The molecule has 1 aliphatic carbocycles. The van der Waals surface area contributed by atoms with E-state index in [1.807, 2.05) is 0 Å². The van der Waals surface area contributed by atoms with Crippen molar-refractivity contribution in [2.75, 3.05) is 13.1 Å². The van der Waals surface area contributed by atoms with Crippen LogP contribution in [0.4, 0.5) is 0 Å². The predicted octanol–water partition coefficient (Wildman–Crippen LogP) is 3.29. The molecule has 2 heteroatoms. The number of nitrogens with one attached hydrogen (secondary N) is 1. The first-order chi connectivity index (χ1) is 9.35. The molecule has 1 aliphatic rings. The molecule has 0 saturated heterocycles. The second-order valence-corrected chi connectivity index (χ2v) is 5.81. The smallest absolute Gasteiger partial charge is 0.0143 e. The van der Waals surface area contributed by atoms with Crippen molar-refractivity contribution in [3.63, 3.8) is 0 Å². The number of hydrogen-bond donors (Lipinski definition) is 2. The molecule has 0 amide bonds. The van der Waals surface area contributed by atoms with Crippen molar-refractivity contribution in [1.29, 1.82) is 0 Å². The zero-order chi connectivity index (χ0) is 13.5. The van der Waals surface area contributed by atoms with Crippen molar-refractivity contribution in [3.05, 3.63) is 35.9 Å². The van der Waals surface area contributed by atoms with Gasteiger partial charge in [-0.15, -0.1) is 0 Å². The average molecular weight is 260 g/mol. The summed E-state index contributed by atoms with van der Waals surface area (Å²) in [6.07, 6.45) is 6.38. The lowest BCUT2D eigenvalue weighted by Gasteiger charge is -2.13. The first-order valence-electron chi connectivity index (χ1n) is 7.83. The van der Waals surface area contributed by atoms with Gasteiger partial charge in [-0.2, -0.15) is 0 Å². The van der Waals surface area contributed by atoms with E-state index in [1.165, 1.54) is 37.7 Å². The highest BCUT2D eigenvalue weighted by Gasteiger charge is 2.37. The molecule has 3 atom stereocenters. The molecule has 2 nitrogen and oxygen atoms in total. The maximum absolute atomic E-state index is 5.63. The summed E-state index contributed by atoms with van der Waals surface area (Å²) in [5.41, 5.74) is 7.13. The molecule has 19 heavy (non-hydrogen) atoms. The first-order valence-corrected chi connectivity index (χ1v) is 7.83. The van der Waals surface area contributed by atoms with Gasteiger partial charge in [0.15, 0.2) is 0 Å². The molecule has 0 heterocycles. The minimum atomic E-state index is 0.719. The highest BCUT2D eigenvalue weighted by Crippen LogP contribution is 2.40. The lowest BCUT2D eigenvalue weighted by Crippen LogP contribution is -2.20. The fourth-order valence-electron chi connectivity index (χ4n) is 2.96. The minimum Gasteiger partial charge on any atom is -0.330 e.